The van der Waals surface area contributed by atoms with Crippen molar-refractivity contribution in [3.05, 3.63) is 30.1 Å². The SMILES string of the molecule is Cl.Cl.O=C(NCC1CCCN1)c1ccncc1. The summed E-state index contributed by atoms with van der Waals surface area (Å²) in [6, 6.07) is 3.88. The third-order valence-electron chi connectivity index (χ3n) is 2.61. The largest absolute Gasteiger partial charge is 0.350 e. The van der Waals surface area contributed by atoms with Gasteiger partial charge in [0.15, 0.2) is 0 Å². The molecule has 2 heterocycles. The zero-order valence-electron chi connectivity index (χ0n) is 9.39. The van der Waals surface area contributed by atoms with Crippen molar-refractivity contribution >= 4 is 30.7 Å². The lowest BCUT2D eigenvalue weighted by Crippen LogP contribution is -2.37. The Morgan fingerprint density at radius 3 is 2.71 bits per heavy atom. The van der Waals surface area contributed by atoms with Gasteiger partial charge in [0.1, 0.15) is 0 Å². The number of carbonyl (C=O) groups is 1. The highest BCUT2D eigenvalue weighted by molar-refractivity contribution is 5.93. The predicted molar refractivity (Wildman–Crippen MR) is 72.1 cm³/mol. The molecule has 0 saturated carbocycles. The maximum atomic E-state index is 11.6. The van der Waals surface area contributed by atoms with Crippen LogP contribution in [0.4, 0.5) is 0 Å². The van der Waals surface area contributed by atoms with Crippen LogP contribution in [0.1, 0.15) is 23.2 Å². The van der Waals surface area contributed by atoms with E-state index in [1.807, 2.05) is 0 Å². The minimum atomic E-state index is -0.0221. The van der Waals surface area contributed by atoms with Crippen molar-refractivity contribution in [2.75, 3.05) is 13.1 Å². The van der Waals surface area contributed by atoms with Crippen molar-refractivity contribution in [2.24, 2.45) is 0 Å². The lowest BCUT2D eigenvalue weighted by molar-refractivity contribution is 0.0950. The van der Waals surface area contributed by atoms with Crippen molar-refractivity contribution in [3.63, 3.8) is 0 Å². The second kappa shape index (κ2) is 8.28. The molecular weight excluding hydrogens is 261 g/mol. The van der Waals surface area contributed by atoms with E-state index in [9.17, 15) is 4.79 Å². The van der Waals surface area contributed by atoms with Crippen LogP contribution in [0.5, 0.6) is 0 Å². The highest BCUT2D eigenvalue weighted by atomic mass is 35.5. The summed E-state index contributed by atoms with van der Waals surface area (Å²) in [7, 11) is 0. The van der Waals surface area contributed by atoms with Crippen molar-refractivity contribution < 1.29 is 4.79 Å². The quantitative estimate of drug-likeness (QED) is 0.879. The van der Waals surface area contributed by atoms with Crippen LogP contribution < -0.4 is 10.6 Å². The topological polar surface area (TPSA) is 54.0 Å². The summed E-state index contributed by atoms with van der Waals surface area (Å²) < 4.78 is 0. The summed E-state index contributed by atoms with van der Waals surface area (Å²) in [6.07, 6.45) is 5.61. The van der Waals surface area contributed by atoms with Crippen LogP contribution in [-0.2, 0) is 0 Å². The molecule has 1 amide bonds. The molecule has 1 atom stereocenters. The van der Waals surface area contributed by atoms with Crippen LogP contribution in [0.25, 0.3) is 0 Å². The fraction of sp³-hybridized carbons (Fsp3) is 0.455. The van der Waals surface area contributed by atoms with Crippen LogP contribution in [0.3, 0.4) is 0 Å². The first-order valence-electron chi connectivity index (χ1n) is 5.28. The lowest BCUT2D eigenvalue weighted by atomic mass is 10.2. The summed E-state index contributed by atoms with van der Waals surface area (Å²) in [5.74, 6) is -0.0221. The normalized spacial score (nSPS) is 17.8. The van der Waals surface area contributed by atoms with Gasteiger partial charge in [0, 0.05) is 30.5 Å². The van der Waals surface area contributed by atoms with E-state index in [-0.39, 0.29) is 30.7 Å². The molecule has 1 aromatic heterocycles. The zero-order valence-corrected chi connectivity index (χ0v) is 11.0. The molecule has 1 aromatic rings. The Bertz CT molecular complexity index is 329. The molecule has 1 aliphatic heterocycles. The van der Waals surface area contributed by atoms with Gasteiger partial charge in [-0.05, 0) is 31.5 Å². The Morgan fingerprint density at radius 1 is 1.41 bits per heavy atom. The molecule has 0 bridgehead atoms. The summed E-state index contributed by atoms with van der Waals surface area (Å²) in [4.78, 5) is 15.5. The highest BCUT2D eigenvalue weighted by Crippen LogP contribution is 2.03. The molecule has 0 aliphatic carbocycles. The number of pyridine rings is 1. The zero-order chi connectivity index (χ0) is 10.5. The summed E-state index contributed by atoms with van der Waals surface area (Å²) in [6.45, 7) is 1.77. The molecule has 0 radical (unpaired) electrons. The predicted octanol–water partition coefficient (Wildman–Crippen LogP) is 1.41. The fourth-order valence-corrected chi connectivity index (χ4v) is 1.75. The van der Waals surface area contributed by atoms with Gasteiger partial charge in [0.05, 0.1) is 0 Å². The van der Waals surface area contributed by atoms with E-state index in [0.717, 1.165) is 13.0 Å². The molecule has 96 valence electrons. The maximum Gasteiger partial charge on any atom is 0.251 e. The Balaban J connectivity index is 0.00000128. The maximum absolute atomic E-state index is 11.6. The second-order valence-corrected chi connectivity index (χ2v) is 3.74. The summed E-state index contributed by atoms with van der Waals surface area (Å²) >= 11 is 0. The van der Waals surface area contributed by atoms with E-state index in [2.05, 4.69) is 15.6 Å². The van der Waals surface area contributed by atoms with Gasteiger partial charge >= 0.3 is 0 Å². The molecule has 6 heteroatoms. The van der Waals surface area contributed by atoms with Crippen molar-refractivity contribution in [3.8, 4) is 0 Å². The van der Waals surface area contributed by atoms with Crippen LogP contribution >= 0.6 is 24.8 Å². The van der Waals surface area contributed by atoms with Gasteiger partial charge in [0.2, 0.25) is 0 Å². The molecule has 2 rings (SSSR count). The van der Waals surface area contributed by atoms with Crippen LogP contribution in [-0.4, -0.2) is 30.0 Å². The Hall–Kier alpha value is -0.840. The monoisotopic (exact) mass is 277 g/mol. The molecule has 1 unspecified atom stereocenters. The number of aromatic nitrogens is 1. The fourth-order valence-electron chi connectivity index (χ4n) is 1.75. The molecule has 4 nitrogen and oxygen atoms in total. The van der Waals surface area contributed by atoms with Crippen LogP contribution in [0.15, 0.2) is 24.5 Å². The van der Waals surface area contributed by atoms with Crippen molar-refractivity contribution in [1.29, 1.82) is 0 Å². The van der Waals surface area contributed by atoms with E-state index in [0.29, 0.717) is 18.2 Å². The number of nitrogens with one attached hydrogen (secondary N) is 2. The van der Waals surface area contributed by atoms with Gasteiger partial charge in [0.25, 0.3) is 5.91 Å². The van der Waals surface area contributed by atoms with Crippen LogP contribution in [0, 0.1) is 0 Å². The lowest BCUT2D eigenvalue weighted by Gasteiger charge is -2.11. The molecule has 0 spiro atoms. The minimum absolute atomic E-state index is 0. The smallest absolute Gasteiger partial charge is 0.251 e. The van der Waals surface area contributed by atoms with Gasteiger partial charge < -0.3 is 10.6 Å². The van der Waals surface area contributed by atoms with E-state index in [4.69, 9.17) is 0 Å². The molecule has 17 heavy (non-hydrogen) atoms. The van der Waals surface area contributed by atoms with E-state index in [1.54, 1.807) is 24.5 Å². The minimum Gasteiger partial charge on any atom is -0.350 e. The van der Waals surface area contributed by atoms with Gasteiger partial charge in [-0.2, -0.15) is 0 Å². The molecule has 1 aliphatic rings. The number of amides is 1. The number of hydrogen-bond acceptors (Lipinski definition) is 3. The summed E-state index contributed by atoms with van der Waals surface area (Å²) in [5, 5.41) is 6.25. The van der Waals surface area contributed by atoms with Gasteiger partial charge in [-0.3, -0.25) is 9.78 Å². The average molecular weight is 278 g/mol. The third kappa shape index (κ3) is 4.89. The first-order chi connectivity index (χ1) is 7.36. The Kier molecular flexibility index (Phi) is 7.87. The van der Waals surface area contributed by atoms with E-state index >= 15 is 0 Å². The second-order valence-electron chi connectivity index (χ2n) is 3.74. The first kappa shape index (κ1) is 16.2. The van der Waals surface area contributed by atoms with Crippen molar-refractivity contribution in [2.45, 2.75) is 18.9 Å². The molecule has 2 N–H and O–H groups in total. The van der Waals surface area contributed by atoms with E-state index < -0.39 is 0 Å². The number of halogens is 2. The highest BCUT2D eigenvalue weighted by Gasteiger charge is 2.14. The average Bonchev–Trinajstić information content (AvgIpc) is 2.80. The Labute approximate surface area is 113 Å². The van der Waals surface area contributed by atoms with Crippen LogP contribution in [0.2, 0.25) is 0 Å². The standard InChI is InChI=1S/C11H15N3O.2ClH/c15-11(9-3-6-12-7-4-9)14-8-10-2-1-5-13-10;;/h3-4,6-7,10,13H,1-2,5,8H2,(H,14,15);2*1H. The third-order valence-corrected chi connectivity index (χ3v) is 2.61. The number of nitrogens with zero attached hydrogens (tertiary/aromatic N) is 1. The Morgan fingerprint density at radius 2 is 2.12 bits per heavy atom. The molecule has 1 fully saturated rings. The van der Waals surface area contributed by atoms with E-state index in [1.165, 1.54) is 6.42 Å². The van der Waals surface area contributed by atoms with Gasteiger partial charge in [-0.1, -0.05) is 0 Å². The summed E-state index contributed by atoms with van der Waals surface area (Å²) in [5.41, 5.74) is 0.669. The number of rotatable bonds is 3. The number of carbonyl (C=O) groups excluding carboxylic acids is 1. The molecule has 1 saturated heterocycles. The first-order valence-corrected chi connectivity index (χ1v) is 5.28. The number of hydrogen-bond donors (Lipinski definition) is 2. The van der Waals surface area contributed by atoms with Gasteiger partial charge in [-0.15, -0.1) is 24.8 Å². The van der Waals surface area contributed by atoms with Crippen molar-refractivity contribution in [1.82, 2.24) is 15.6 Å². The molecular formula is C11H17Cl2N3O. The van der Waals surface area contributed by atoms with Gasteiger partial charge in [-0.25, -0.2) is 0 Å². The molecule has 0 aromatic carbocycles.